The number of ether oxygens (including phenoxy) is 2. The smallest absolute Gasteiger partial charge is 0.162 e. The van der Waals surface area contributed by atoms with Crippen LogP contribution in [0.1, 0.15) is 24.8 Å². The fourth-order valence-corrected chi connectivity index (χ4v) is 3.43. The van der Waals surface area contributed by atoms with Crippen LogP contribution in [0.4, 0.5) is 0 Å². The number of hydrogen-bond acceptors (Lipinski definition) is 4. The third-order valence-corrected chi connectivity index (χ3v) is 4.69. The van der Waals surface area contributed by atoms with Gasteiger partial charge in [0.05, 0.1) is 14.2 Å². The highest BCUT2D eigenvalue weighted by Gasteiger charge is 2.41. The molecule has 0 saturated carbocycles. The van der Waals surface area contributed by atoms with E-state index in [1.165, 1.54) is 0 Å². The van der Waals surface area contributed by atoms with Gasteiger partial charge in [0.15, 0.2) is 5.78 Å². The van der Waals surface area contributed by atoms with Crippen molar-refractivity contribution in [3.8, 4) is 11.5 Å². The Morgan fingerprint density at radius 2 is 2.05 bits per heavy atom. The van der Waals surface area contributed by atoms with Gasteiger partial charge in [-0.25, -0.2) is 0 Å². The van der Waals surface area contributed by atoms with Crippen molar-refractivity contribution < 1.29 is 14.3 Å². The van der Waals surface area contributed by atoms with Crippen molar-refractivity contribution >= 4 is 11.9 Å². The fourth-order valence-electron chi connectivity index (χ4n) is 3.43. The fraction of sp³-hybridized carbons (Fsp3) is 0.471. The summed E-state index contributed by atoms with van der Waals surface area (Å²) in [6.07, 6.45) is 4.81. The predicted molar refractivity (Wildman–Crippen MR) is 81.7 cm³/mol. The van der Waals surface area contributed by atoms with Crippen LogP contribution in [-0.4, -0.2) is 44.0 Å². The van der Waals surface area contributed by atoms with E-state index in [9.17, 15) is 4.79 Å². The molecule has 3 rings (SSSR count). The van der Waals surface area contributed by atoms with Crippen LogP contribution in [-0.2, 0) is 4.79 Å². The zero-order valence-electron chi connectivity index (χ0n) is 12.8. The van der Waals surface area contributed by atoms with E-state index in [2.05, 4.69) is 11.9 Å². The summed E-state index contributed by atoms with van der Waals surface area (Å²) in [6, 6.07) is 6.36. The number of nitrogens with zero attached hydrogens (tertiary/aromatic N) is 1. The largest absolute Gasteiger partial charge is 0.497 e. The summed E-state index contributed by atoms with van der Waals surface area (Å²) < 4.78 is 10.6. The second-order valence-corrected chi connectivity index (χ2v) is 5.75. The number of rotatable bonds is 3. The van der Waals surface area contributed by atoms with Crippen LogP contribution in [0.2, 0.25) is 0 Å². The molecule has 0 N–H and O–H groups in total. The summed E-state index contributed by atoms with van der Waals surface area (Å²) in [5.41, 5.74) is 1.84. The highest BCUT2D eigenvalue weighted by Crippen LogP contribution is 2.37. The second kappa shape index (κ2) is 5.53. The number of carbonyl (C=O) groups excluding carboxylic acids is 1. The molecule has 2 bridgehead atoms. The lowest BCUT2D eigenvalue weighted by molar-refractivity contribution is -0.118. The summed E-state index contributed by atoms with van der Waals surface area (Å²) in [4.78, 5) is 14.7. The zero-order valence-corrected chi connectivity index (χ0v) is 12.8. The number of piperidine rings is 1. The number of ketones is 1. The molecule has 0 amide bonds. The van der Waals surface area contributed by atoms with Gasteiger partial charge in [0.2, 0.25) is 0 Å². The van der Waals surface area contributed by atoms with Crippen molar-refractivity contribution in [2.45, 2.75) is 31.3 Å². The molecule has 112 valence electrons. The molecule has 2 aliphatic heterocycles. The molecule has 0 spiro atoms. The first-order valence-corrected chi connectivity index (χ1v) is 7.32. The lowest BCUT2D eigenvalue weighted by Gasteiger charge is -2.32. The van der Waals surface area contributed by atoms with Crippen LogP contribution < -0.4 is 9.47 Å². The Morgan fingerprint density at radius 3 is 2.76 bits per heavy atom. The zero-order chi connectivity index (χ0) is 15.0. The van der Waals surface area contributed by atoms with Gasteiger partial charge in [-0.1, -0.05) is 0 Å². The predicted octanol–water partition coefficient (Wildman–Crippen LogP) is 2.52. The summed E-state index contributed by atoms with van der Waals surface area (Å²) >= 11 is 0. The Labute approximate surface area is 125 Å². The van der Waals surface area contributed by atoms with E-state index in [0.717, 1.165) is 35.5 Å². The molecule has 0 aliphatic carbocycles. The molecule has 4 heteroatoms. The third kappa shape index (κ3) is 2.44. The van der Waals surface area contributed by atoms with E-state index in [1.54, 1.807) is 14.2 Å². The molecular formula is C17H21NO3. The van der Waals surface area contributed by atoms with Crippen molar-refractivity contribution in [3.63, 3.8) is 0 Å². The van der Waals surface area contributed by atoms with E-state index in [4.69, 9.17) is 9.47 Å². The van der Waals surface area contributed by atoms with Crippen molar-refractivity contribution in [2.75, 3.05) is 21.3 Å². The Kier molecular flexibility index (Phi) is 3.72. The van der Waals surface area contributed by atoms with Gasteiger partial charge in [-0.3, -0.25) is 9.69 Å². The number of carbonyl (C=O) groups is 1. The third-order valence-electron chi connectivity index (χ3n) is 4.69. The molecular weight excluding hydrogens is 266 g/mol. The molecule has 4 nitrogen and oxygen atoms in total. The topological polar surface area (TPSA) is 38.8 Å². The molecule has 2 aliphatic rings. The molecule has 0 aromatic heterocycles. The van der Waals surface area contributed by atoms with E-state index in [1.807, 2.05) is 24.3 Å². The minimum atomic E-state index is 0.253. The molecule has 2 heterocycles. The molecule has 1 aromatic rings. The van der Waals surface area contributed by atoms with Crippen molar-refractivity contribution in [2.24, 2.45) is 0 Å². The molecule has 2 fully saturated rings. The minimum absolute atomic E-state index is 0.253. The number of benzene rings is 1. The molecule has 2 atom stereocenters. The SMILES string of the molecule is COc1ccc(/C=C2/C(=O)C[C@@H]3CC[C@H]2N3C)c(OC)c1. The maximum Gasteiger partial charge on any atom is 0.162 e. The highest BCUT2D eigenvalue weighted by atomic mass is 16.5. The average molecular weight is 287 g/mol. The quantitative estimate of drug-likeness (QED) is 0.801. The van der Waals surface area contributed by atoms with E-state index in [0.29, 0.717) is 12.5 Å². The molecule has 2 saturated heterocycles. The number of hydrogen-bond donors (Lipinski definition) is 0. The molecule has 21 heavy (non-hydrogen) atoms. The molecule has 1 aromatic carbocycles. The van der Waals surface area contributed by atoms with Crippen LogP contribution in [0.25, 0.3) is 6.08 Å². The van der Waals surface area contributed by atoms with E-state index in [-0.39, 0.29) is 11.8 Å². The van der Waals surface area contributed by atoms with Crippen LogP contribution >= 0.6 is 0 Å². The molecule has 0 unspecified atom stereocenters. The van der Waals surface area contributed by atoms with E-state index < -0.39 is 0 Å². The van der Waals surface area contributed by atoms with E-state index >= 15 is 0 Å². The normalized spacial score (nSPS) is 27.2. The summed E-state index contributed by atoms with van der Waals surface area (Å²) in [5.74, 6) is 1.76. The summed E-state index contributed by atoms with van der Waals surface area (Å²) in [5, 5.41) is 0. The van der Waals surface area contributed by atoms with Crippen molar-refractivity contribution in [3.05, 3.63) is 29.3 Å². The lowest BCUT2D eigenvalue weighted by Crippen LogP contribution is -2.41. The van der Waals surface area contributed by atoms with Crippen LogP contribution in [0.15, 0.2) is 23.8 Å². The van der Waals surface area contributed by atoms with Gasteiger partial charge in [-0.15, -0.1) is 0 Å². The Hall–Kier alpha value is -1.81. The van der Waals surface area contributed by atoms with Crippen molar-refractivity contribution in [1.82, 2.24) is 4.90 Å². The lowest BCUT2D eigenvalue weighted by atomic mass is 9.93. The van der Waals surface area contributed by atoms with Crippen LogP contribution in [0.5, 0.6) is 11.5 Å². The highest BCUT2D eigenvalue weighted by molar-refractivity contribution is 6.02. The van der Waals surface area contributed by atoms with Gasteiger partial charge < -0.3 is 9.47 Å². The van der Waals surface area contributed by atoms with Gasteiger partial charge in [0, 0.05) is 35.7 Å². The van der Waals surface area contributed by atoms with Gasteiger partial charge >= 0.3 is 0 Å². The first-order valence-electron chi connectivity index (χ1n) is 7.32. The first-order chi connectivity index (χ1) is 10.1. The monoisotopic (exact) mass is 287 g/mol. The van der Waals surface area contributed by atoms with Crippen molar-refractivity contribution in [1.29, 1.82) is 0 Å². The number of Topliss-reactive ketones (excluding diaryl/α,β-unsaturated/α-hetero) is 1. The number of likely N-dealkylation sites (N-methyl/N-ethyl adjacent to an activating group) is 1. The van der Waals surface area contributed by atoms with Crippen LogP contribution in [0.3, 0.4) is 0 Å². The summed E-state index contributed by atoms with van der Waals surface area (Å²) in [6.45, 7) is 0. The average Bonchev–Trinajstić information content (AvgIpc) is 2.75. The second-order valence-electron chi connectivity index (χ2n) is 5.75. The number of fused-ring (bicyclic) bond motifs is 2. The van der Waals surface area contributed by atoms with Crippen LogP contribution in [0, 0.1) is 0 Å². The summed E-state index contributed by atoms with van der Waals surface area (Å²) in [7, 11) is 5.39. The Bertz CT molecular complexity index is 594. The Balaban J connectivity index is 1.99. The minimum Gasteiger partial charge on any atom is -0.497 e. The Morgan fingerprint density at radius 1 is 1.24 bits per heavy atom. The standard InChI is InChI=1S/C17H21NO3/c1-18-12-5-7-15(18)14(16(19)9-12)8-11-4-6-13(20-2)10-17(11)21-3/h4,6,8,10,12,15H,5,7,9H2,1-3H3/b14-8+/t12-,15+/m0/s1. The van der Waals surface area contributed by atoms with Gasteiger partial charge in [-0.05, 0) is 38.1 Å². The number of methoxy groups -OCH3 is 2. The van der Waals surface area contributed by atoms with Gasteiger partial charge in [0.1, 0.15) is 11.5 Å². The molecule has 0 radical (unpaired) electrons. The maximum atomic E-state index is 12.4. The maximum absolute atomic E-state index is 12.4. The first kappa shape index (κ1) is 14.1. The van der Waals surface area contributed by atoms with Gasteiger partial charge in [0.25, 0.3) is 0 Å². The van der Waals surface area contributed by atoms with Gasteiger partial charge in [-0.2, -0.15) is 0 Å².